The Bertz CT molecular complexity index is 1060. The lowest BCUT2D eigenvalue weighted by Gasteiger charge is -2.41. The first-order valence-corrected chi connectivity index (χ1v) is 13.1. The standard InChI is InChI=1S/C22H27ClN6O2S/c23-15-10-24-20(25-11-15)29-8-2-14(3-9-29)18-26-17-16(32(31)13-21(17)6-7-21)19(27-18)28-22(12-30)4-1-5-22/h10-11,14,30H,1-9,12-13H2,(H,26,27,28)/t32-/m1/s1. The molecule has 0 amide bonds. The summed E-state index contributed by atoms with van der Waals surface area (Å²) in [5.74, 6) is 3.14. The molecule has 1 saturated heterocycles. The maximum absolute atomic E-state index is 13.0. The van der Waals surface area contributed by atoms with Gasteiger partial charge in [-0.15, -0.1) is 0 Å². The smallest absolute Gasteiger partial charge is 0.225 e. The summed E-state index contributed by atoms with van der Waals surface area (Å²) in [6.45, 7) is 1.72. The molecule has 0 bridgehead atoms. The van der Waals surface area contributed by atoms with Crippen LogP contribution in [0.5, 0.6) is 0 Å². The van der Waals surface area contributed by atoms with Crippen molar-refractivity contribution in [3.63, 3.8) is 0 Å². The van der Waals surface area contributed by atoms with E-state index < -0.39 is 10.8 Å². The van der Waals surface area contributed by atoms with Gasteiger partial charge in [-0.2, -0.15) is 0 Å². The Morgan fingerprint density at radius 1 is 1.16 bits per heavy atom. The van der Waals surface area contributed by atoms with E-state index in [2.05, 4.69) is 20.2 Å². The van der Waals surface area contributed by atoms with Gasteiger partial charge in [0, 0.05) is 30.2 Å². The number of aliphatic hydroxyl groups is 1. The maximum atomic E-state index is 13.0. The van der Waals surface area contributed by atoms with Crippen LogP contribution in [0.3, 0.4) is 0 Å². The summed E-state index contributed by atoms with van der Waals surface area (Å²) in [5, 5.41) is 14.0. The van der Waals surface area contributed by atoms with Crippen LogP contribution < -0.4 is 10.2 Å². The Kier molecular flexibility index (Phi) is 4.93. The van der Waals surface area contributed by atoms with Crippen LogP contribution in [-0.4, -0.2) is 60.2 Å². The number of hydrogen-bond acceptors (Lipinski definition) is 8. The summed E-state index contributed by atoms with van der Waals surface area (Å²) in [7, 11) is -1.08. The van der Waals surface area contributed by atoms with Gasteiger partial charge in [-0.05, 0) is 44.9 Å². The van der Waals surface area contributed by atoms with E-state index in [9.17, 15) is 9.32 Å². The average molecular weight is 475 g/mol. The van der Waals surface area contributed by atoms with Crippen molar-refractivity contribution < 1.29 is 9.32 Å². The van der Waals surface area contributed by atoms with Crippen molar-refractivity contribution in [2.45, 2.75) is 66.7 Å². The maximum Gasteiger partial charge on any atom is 0.225 e. The van der Waals surface area contributed by atoms with E-state index in [0.717, 1.165) is 74.4 Å². The van der Waals surface area contributed by atoms with Gasteiger partial charge in [-0.25, -0.2) is 19.9 Å². The van der Waals surface area contributed by atoms with Crippen LogP contribution in [-0.2, 0) is 16.2 Å². The lowest BCUT2D eigenvalue weighted by atomic mass is 9.77. The second kappa shape index (κ2) is 7.60. The number of aliphatic hydroxyl groups excluding tert-OH is 1. The second-order valence-electron chi connectivity index (χ2n) is 9.76. The lowest BCUT2D eigenvalue weighted by Crippen LogP contribution is -2.48. The zero-order chi connectivity index (χ0) is 21.9. The predicted molar refractivity (Wildman–Crippen MR) is 123 cm³/mol. The third kappa shape index (κ3) is 3.40. The SMILES string of the molecule is O=[S@@]1CC2(CC2)c2nc(C3CCN(c4ncc(Cl)cn4)CC3)nc(NC3(CO)CCC3)c21. The second-order valence-corrected chi connectivity index (χ2v) is 11.6. The van der Waals surface area contributed by atoms with Crippen LogP contribution in [0, 0.1) is 0 Å². The van der Waals surface area contributed by atoms with E-state index in [1.807, 2.05) is 0 Å². The summed E-state index contributed by atoms with van der Waals surface area (Å²) in [4.78, 5) is 21.6. The molecule has 4 aliphatic rings. The highest BCUT2D eigenvalue weighted by molar-refractivity contribution is 7.85. The number of fused-ring (bicyclic) bond motifs is 2. The summed E-state index contributed by atoms with van der Waals surface area (Å²) in [6.07, 6.45) is 10.1. The molecule has 1 spiro atoms. The van der Waals surface area contributed by atoms with Gasteiger partial charge in [0.05, 0.1) is 46.1 Å². The van der Waals surface area contributed by atoms with Crippen molar-refractivity contribution in [2.75, 3.05) is 35.7 Å². The van der Waals surface area contributed by atoms with E-state index in [1.165, 1.54) is 0 Å². The molecule has 2 aliphatic heterocycles. The number of piperidine rings is 1. The van der Waals surface area contributed by atoms with Crippen LogP contribution in [0.15, 0.2) is 17.3 Å². The molecule has 8 nitrogen and oxygen atoms in total. The van der Waals surface area contributed by atoms with Crippen molar-refractivity contribution in [1.29, 1.82) is 0 Å². The average Bonchev–Trinajstić information content (AvgIpc) is 3.50. The molecule has 0 unspecified atom stereocenters. The highest BCUT2D eigenvalue weighted by atomic mass is 35.5. The number of hydrogen-bond donors (Lipinski definition) is 2. The van der Waals surface area contributed by atoms with E-state index in [4.69, 9.17) is 21.6 Å². The van der Waals surface area contributed by atoms with Gasteiger partial charge in [0.2, 0.25) is 5.95 Å². The third-order valence-electron chi connectivity index (χ3n) is 7.62. The fourth-order valence-electron chi connectivity index (χ4n) is 5.22. The molecule has 10 heteroatoms. The van der Waals surface area contributed by atoms with Crippen molar-refractivity contribution in [2.24, 2.45) is 0 Å². The van der Waals surface area contributed by atoms with E-state index in [1.54, 1.807) is 12.4 Å². The minimum absolute atomic E-state index is 0.0157. The Balaban J connectivity index is 1.29. The van der Waals surface area contributed by atoms with Crippen molar-refractivity contribution in [1.82, 2.24) is 19.9 Å². The first kappa shape index (κ1) is 20.7. The minimum atomic E-state index is -1.08. The first-order chi connectivity index (χ1) is 15.5. The number of nitrogens with one attached hydrogen (secondary N) is 1. The van der Waals surface area contributed by atoms with Crippen LogP contribution in [0.2, 0.25) is 5.02 Å². The molecule has 4 heterocycles. The fraction of sp³-hybridized carbons (Fsp3) is 0.636. The van der Waals surface area contributed by atoms with E-state index in [0.29, 0.717) is 22.5 Å². The van der Waals surface area contributed by atoms with Gasteiger partial charge in [-0.1, -0.05) is 11.6 Å². The molecule has 2 aromatic rings. The summed E-state index contributed by atoms with van der Waals surface area (Å²) in [5.41, 5.74) is 0.648. The Hall–Kier alpha value is -1.84. The number of anilines is 2. The minimum Gasteiger partial charge on any atom is -0.394 e. The molecule has 170 valence electrons. The number of nitrogens with zero attached hydrogens (tertiary/aromatic N) is 5. The molecule has 2 aromatic heterocycles. The van der Waals surface area contributed by atoms with E-state index >= 15 is 0 Å². The zero-order valence-electron chi connectivity index (χ0n) is 17.9. The molecule has 2 saturated carbocycles. The predicted octanol–water partition coefficient (Wildman–Crippen LogP) is 2.78. The van der Waals surface area contributed by atoms with Crippen LogP contribution in [0.25, 0.3) is 0 Å². The number of halogens is 1. The molecule has 0 aromatic carbocycles. The van der Waals surface area contributed by atoms with Gasteiger partial charge in [0.1, 0.15) is 16.5 Å². The largest absolute Gasteiger partial charge is 0.394 e. The van der Waals surface area contributed by atoms with Crippen molar-refractivity contribution in [3.05, 3.63) is 28.9 Å². The van der Waals surface area contributed by atoms with Crippen molar-refractivity contribution in [3.8, 4) is 0 Å². The Morgan fingerprint density at radius 3 is 2.47 bits per heavy atom. The van der Waals surface area contributed by atoms with Crippen LogP contribution >= 0.6 is 11.6 Å². The van der Waals surface area contributed by atoms with Crippen LogP contribution in [0.1, 0.15) is 62.4 Å². The first-order valence-electron chi connectivity index (χ1n) is 11.4. The van der Waals surface area contributed by atoms with Gasteiger partial charge in [-0.3, -0.25) is 4.21 Å². The topological polar surface area (TPSA) is 104 Å². The number of rotatable bonds is 5. The number of aromatic nitrogens is 4. The summed E-state index contributed by atoms with van der Waals surface area (Å²) < 4.78 is 13.0. The summed E-state index contributed by atoms with van der Waals surface area (Å²) >= 11 is 5.92. The molecule has 2 N–H and O–H groups in total. The zero-order valence-corrected chi connectivity index (χ0v) is 19.5. The third-order valence-corrected chi connectivity index (χ3v) is 9.47. The lowest BCUT2D eigenvalue weighted by molar-refractivity contribution is 0.143. The molecule has 6 rings (SSSR count). The molecular formula is C22H27ClN6O2S. The molecule has 2 aliphatic carbocycles. The molecule has 32 heavy (non-hydrogen) atoms. The van der Waals surface area contributed by atoms with E-state index in [-0.39, 0.29) is 23.5 Å². The molecule has 0 radical (unpaired) electrons. The van der Waals surface area contributed by atoms with Gasteiger partial charge >= 0.3 is 0 Å². The normalized spacial score (nSPS) is 25.4. The quantitative estimate of drug-likeness (QED) is 0.681. The highest BCUT2D eigenvalue weighted by Gasteiger charge is 2.55. The monoisotopic (exact) mass is 474 g/mol. The molecular weight excluding hydrogens is 448 g/mol. The Morgan fingerprint density at radius 2 is 1.88 bits per heavy atom. The highest BCUT2D eigenvalue weighted by Crippen LogP contribution is 2.56. The van der Waals surface area contributed by atoms with Crippen molar-refractivity contribution >= 4 is 34.2 Å². The van der Waals surface area contributed by atoms with Gasteiger partial charge in [0.25, 0.3) is 0 Å². The molecule has 3 fully saturated rings. The summed E-state index contributed by atoms with van der Waals surface area (Å²) in [6, 6.07) is 0. The van der Waals surface area contributed by atoms with Gasteiger partial charge in [0.15, 0.2) is 0 Å². The fourth-order valence-corrected chi connectivity index (χ4v) is 7.18. The molecule has 1 atom stereocenters. The Labute approximate surface area is 194 Å². The van der Waals surface area contributed by atoms with Gasteiger partial charge < -0.3 is 15.3 Å². The van der Waals surface area contributed by atoms with Crippen LogP contribution in [0.4, 0.5) is 11.8 Å².